The highest BCUT2D eigenvalue weighted by Crippen LogP contribution is 2.47. The number of aliphatic hydroxyl groups excluding tert-OH is 1. The average Bonchev–Trinajstić information content (AvgIpc) is 3.31. The van der Waals surface area contributed by atoms with Gasteiger partial charge in [0.25, 0.3) is 5.91 Å². The van der Waals surface area contributed by atoms with Crippen LogP contribution < -0.4 is 22.1 Å². The third kappa shape index (κ3) is 7.07. The third-order valence-electron chi connectivity index (χ3n) is 6.69. The molecular formula is C28H33F3N6O3. The number of hydrogen-bond donors (Lipinski definition) is 6. The van der Waals surface area contributed by atoms with Gasteiger partial charge in [0.15, 0.2) is 12.1 Å². The number of nitrogens with zero attached hydrogens (tertiary/aromatic N) is 1. The van der Waals surface area contributed by atoms with Crippen molar-refractivity contribution in [3.8, 4) is 0 Å². The van der Waals surface area contributed by atoms with Crippen molar-refractivity contribution >= 4 is 34.5 Å². The molecule has 1 heterocycles. The van der Waals surface area contributed by atoms with E-state index in [0.29, 0.717) is 34.4 Å². The van der Waals surface area contributed by atoms with Crippen LogP contribution in [-0.4, -0.2) is 51.8 Å². The second-order valence-electron chi connectivity index (χ2n) is 9.30. The number of rotatable bonds is 8. The van der Waals surface area contributed by atoms with Crippen LogP contribution in [0.25, 0.3) is 11.0 Å². The van der Waals surface area contributed by atoms with Crippen molar-refractivity contribution in [1.82, 2.24) is 15.3 Å². The summed E-state index contributed by atoms with van der Waals surface area (Å²) >= 11 is 0. The molecule has 3 aromatic rings. The van der Waals surface area contributed by atoms with Crippen LogP contribution in [0.1, 0.15) is 37.0 Å². The molecule has 0 bridgehead atoms. The normalized spacial score (nSPS) is 18.3. The third-order valence-corrected chi connectivity index (χ3v) is 6.69. The van der Waals surface area contributed by atoms with E-state index in [2.05, 4.69) is 20.6 Å². The molecule has 0 spiro atoms. The Kier molecular flexibility index (Phi) is 9.72. The van der Waals surface area contributed by atoms with Gasteiger partial charge in [-0.15, -0.1) is 0 Å². The number of carbonyl (C=O) groups is 2. The van der Waals surface area contributed by atoms with Crippen LogP contribution in [0.3, 0.4) is 0 Å². The number of halogens is 3. The van der Waals surface area contributed by atoms with Gasteiger partial charge in [0, 0.05) is 11.3 Å². The number of aliphatic hydroxyl groups is 1. The molecule has 40 heavy (non-hydrogen) atoms. The highest BCUT2D eigenvalue weighted by atomic mass is 19.4. The number of nitrogens with two attached hydrogens (primary N) is 2. The molecule has 3 atom stereocenters. The fourth-order valence-electron chi connectivity index (χ4n) is 4.30. The molecule has 1 aliphatic carbocycles. The zero-order valence-corrected chi connectivity index (χ0v) is 22.1. The summed E-state index contributed by atoms with van der Waals surface area (Å²) in [4.78, 5) is 30.0. The summed E-state index contributed by atoms with van der Waals surface area (Å²) in [6, 6.07) is 12.8. The summed E-state index contributed by atoms with van der Waals surface area (Å²) < 4.78 is 40.5. The van der Waals surface area contributed by atoms with E-state index in [1.807, 2.05) is 6.07 Å². The smallest absolute Gasteiger partial charge is 0.381 e. The van der Waals surface area contributed by atoms with Crippen molar-refractivity contribution in [1.29, 1.82) is 0 Å². The van der Waals surface area contributed by atoms with Crippen molar-refractivity contribution in [3.63, 3.8) is 0 Å². The maximum absolute atomic E-state index is 13.5. The van der Waals surface area contributed by atoms with Crippen LogP contribution in [0.2, 0.25) is 0 Å². The van der Waals surface area contributed by atoms with Crippen LogP contribution in [-0.2, 0) is 4.79 Å². The number of alkyl halides is 3. The van der Waals surface area contributed by atoms with Crippen molar-refractivity contribution < 1.29 is 27.9 Å². The number of amides is 2. The van der Waals surface area contributed by atoms with Crippen molar-refractivity contribution in [3.05, 3.63) is 77.9 Å². The molecule has 3 unspecified atom stereocenters. The van der Waals surface area contributed by atoms with Gasteiger partial charge in [-0.1, -0.05) is 50.3 Å². The maximum atomic E-state index is 13.5. The number of anilines is 2. The number of benzene rings is 2. The topological polar surface area (TPSA) is 159 Å². The van der Waals surface area contributed by atoms with E-state index in [1.165, 1.54) is 19.1 Å². The van der Waals surface area contributed by atoms with E-state index in [-0.39, 0.29) is 24.7 Å². The molecule has 2 aromatic carbocycles. The molecule has 0 aliphatic heterocycles. The van der Waals surface area contributed by atoms with Crippen LogP contribution in [0.4, 0.5) is 24.8 Å². The molecular weight excluding hydrogens is 525 g/mol. The van der Waals surface area contributed by atoms with Crippen LogP contribution in [0, 0.1) is 5.41 Å². The predicted octanol–water partition coefficient (Wildman–Crippen LogP) is 4.05. The largest absolute Gasteiger partial charge is 0.398 e. The van der Waals surface area contributed by atoms with Gasteiger partial charge in [-0.3, -0.25) is 9.59 Å². The quantitative estimate of drug-likeness (QED) is 0.245. The van der Waals surface area contributed by atoms with E-state index >= 15 is 0 Å². The van der Waals surface area contributed by atoms with E-state index in [9.17, 15) is 27.9 Å². The first-order chi connectivity index (χ1) is 18.9. The van der Waals surface area contributed by atoms with Gasteiger partial charge >= 0.3 is 6.18 Å². The van der Waals surface area contributed by atoms with Gasteiger partial charge in [-0.05, 0) is 55.3 Å². The molecule has 0 fully saturated rings. The first kappa shape index (κ1) is 30.4. The highest BCUT2D eigenvalue weighted by molar-refractivity contribution is 5.96. The number of fused-ring (bicyclic) bond motifs is 1. The first-order valence-corrected chi connectivity index (χ1v) is 12.7. The predicted molar refractivity (Wildman–Crippen MR) is 148 cm³/mol. The number of H-pyrrole nitrogens is 1. The number of allylic oxidation sites excluding steroid dienone is 2. The summed E-state index contributed by atoms with van der Waals surface area (Å²) in [5.41, 5.74) is 11.3. The Balaban J connectivity index is 0.000000415. The van der Waals surface area contributed by atoms with Crippen LogP contribution in [0.5, 0.6) is 0 Å². The lowest BCUT2D eigenvalue weighted by Crippen LogP contribution is -2.48. The Hall–Kier alpha value is -4.16. The average molecular weight is 559 g/mol. The monoisotopic (exact) mass is 558 g/mol. The molecule has 4 rings (SSSR count). The number of primary amides is 1. The number of imidazole rings is 1. The van der Waals surface area contributed by atoms with Crippen LogP contribution >= 0.6 is 0 Å². The summed E-state index contributed by atoms with van der Waals surface area (Å²) in [6.45, 7) is 3.69. The van der Waals surface area contributed by atoms with E-state index in [0.717, 1.165) is 6.08 Å². The number of aromatic amines is 1. The summed E-state index contributed by atoms with van der Waals surface area (Å²) in [5.74, 6) is -0.824. The Morgan fingerprint density at radius 3 is 2.40 bits per heavy atom. The molecule has 8 N–H and O–H groups in total. The van der Waals surface area contributed by atoms with Gasteiger partial charge in [-0.25, -0.2) is 4.98 Å². The molecule has 1 aliphatic rings. The summed E-state index contributed by atoms with van der Waals surface area (Å²) in [6.07, 6.45) is -2.30. The minimum Gasteiger partial charge on any atom is -0.381 e. The summed E-state index contributed by atoms with van der Waals surface area (Å²) in [5, 5.41) is 16.3. The Bertz CT molecular complexity index is 1390. The standard InChI is InChI=1S/C21H26F3N5O2.C7H7NO/c1-3-20(21(22,23)24)9-7-12(8-10-20)16(26-4-2)17(30)18(31)27-13-5-6-14-15(11-13)29-19(25)28-14;8-7(9)6-4-2-1-3-5-6/h5-9,11,16-17,26,30H,3-4,10H2,1-2H3,(H,27,31)(H3,25,28,29);1-5H,(H2,8,9). The van der Waals surface area contributed by atoms with E-state index < -0.39 is 29.6 Å². The molecule has 12 heteroatoms. The second kappa shape index (κ2) is 12.8. The Labute approximate surface area is 229 Å². The molecule has 9 nitrogen and oxygen atoms in total. The molecule has 2 amide bonds. The molecule has 0 radical (unpaired) electrons. The summed E-state index contributed by atoms with van der Waals surface area (Å²) in [7, 11) is 0. The number of nitrogen functional groups attached to an aromatic ring is 1. The zero-order valence-electron chi connectivity index (χ0n) is 22.1. The van der Waals surface area contributed by atoms with Gasteiger partial charge in [0.2, 0.25) is 5.91 Å². The van der Waals surface area contributed by atoms with E-state index in [4.69, 9.17) is 11.5 Å². The zero-order chi connectivity index (χ0) is 29.5. The maximum Gasteiger partial charge on any atom is 0.398 e. The molecule has 1 aromatic heterocycles. The SMILES string of the molecule is CCNC(C1=CCC(CC)(C(F)(F)F)C=C1)C(O)C(=O)Nc1ccc2nc(N)[nH]c2c1.NC(=O)c1ccccc1. The van der Waals surface area contributed by atoms with Crippen molar-refractivity contribution in [2.45, 2.75) is 45.0 Å². The minimum absolute atomic E-state index is 0.0910. The first-order valence-electron chi connectivity index (χ1n) is 12.7. The lowest BCUT2D eigenvalue weighted by Gasteiger charge is -2.35. The minimum atomic E-state index is -4.38. The lowest BCUT2D eigenvalue weighted by molar-refractivity contribution is -0.206. The van der Waals surface area contributed by atoms with Crippen LogP contribution in [0.15, 0.2) is 72.3 Å². The second-order valence-corrected chi connectivity index (χ2v) is 9.30. The lowest BCUT2D eigenvalue weighted by atomic mass is 9.76. The number of carbonyl (C=O) groups excluding carboxylic acids is 2. The van der Waals surface area contributed by atoms with Gasteiger partial charge in [0.05, 0.1) is 22.5 Å². The Morgan fingerprint density at radius 1 is 1.18 bits per heavy atom. The highest BCUT2D eigenvalue weighted by Gasteiger charge is 2.51. The molecule has 214 valence electrons. The van der Waals surface area contributed by atoms with Crippen molar-refractivity contribution in [2.24, 2.45) is 11.1 Å². The Morgan fingerprint density at radius 2 is 1.88 bits per heavy atom. The van der Waals surface area contributed by atoms with Gasteiger partial charge < -0.3 is 32.2 Å². The van der Waals surface area contributed by atoms with Gasteiger partial charge in [-0.2, -0.15) is 13.2 Å². The fraction of sp³-hybridized carbons (Fsp3) is 0.321. The van der Waals surface area contributed by atoms with Crippen molar-refractivity contribution in [2.75, 3.05) is 17.6 Å². The fourth-order valence-corrected chi connectivity index (χ4v) is 4.30. The molecule has 0 saturated carbocycles. The number of hydrogen-bond acceptors (Lipinski definition) is 6. The number of likely N-dealkylation sites (N-methyl/N-ethyl adjacent to an activating group) is 1. The van der Waals surface area contributed by atoms with E-state index in [1.54, 1.807) is 49.4 Å². The number of nitrogens with one attached hydrogen (secondary N) is 3. The number of aromatic nitrogens is 2. The van der Waals surface area contributed by atoms with Gasteiger partial charge in [0.1, 0.15) is 0 Å². The molecule has 0 saturated heterocycles.